The van der Waals surface area contributed by atoms with Gasteiger partial charge < -0.3 is 23.6 Å². The lowest BCUT2D eigenvalue weighted by Crippen LogP contribution is -2.48. The normalized spacial score (nSPS) is 19.9. The lowest BCUT2D eigenvalue weighted by Gasteiger charge is -2.35. The standard InChI is InChI=1S/C21H26F2N4O5/c1-29-17-11-14(4-5-16(17)31-21(22)23)19-24-18(32-25-19)13-26-6-2-3-15(12-26)20(28)27-7-9-30-10-8-27/h4-5,11,15,21H,2-3,6-10,12-13H2,1H3. The molecule has 3 heterocycles. The number of piperidine rings is 1. The van der Waals surface area contributed by atoms with E-state index in [4.69, 9.17) is 14.0 Å². The number of morpholine rings is 1. The molecule has 4 rings (SSSR count). The van der Waals surface area contributed by atoms with E-state index < -0.39 is 6.61 Å². The molecule has 11 heteroatoms. The molecule has 2 aromatic rings. The van der Waals surface area contributed by atoms with Crippen molar-refractivity contribution in [3.05, 3.63) is 24.1 Å². The molecule has 1 unspecified atom stereocenters. The molecule has 2 aliphatic rings. The van der Waals surface area contributed by atoms with E-state index in [0.717, 1.165) is 19.4 Å². The van der Waals surface area contributed by atoms with Gasteiger partial charge in [-0.25, -0.2) is 0 Å². The number of hydrogen-bond acceptors (Lipinski definition) is 8. The summed E-state index contributed by atoms with van der Waals surface area (Å²) in [4.78, 5) is 21.3. The van der Waals surface area contributed by atoms with Gasteiger partial charge in [0.1, 0.15) is 0 Å². The van der Waals surface area contributed by atoms with Gasteiger partial charge in [0.25, 0.3) is 0 Å². The predicted octanol–water partition coefficient (Wildman–Crippen LogP) is 2.42. The predicted molar refractivity (Wildman–Crippen MR) is 108 cm³/mol. The van der Waals surface area contributed by atoms with Gasteiger partial charge >= 0.3 is 6.61 Å². The van der Waals surface area contributed by atoms with Crippen molar-refractivity contribution < 1.29 is 32.3 Å². The number of aromatic nitrogens is 2. The quantitative estimate of drug-likeness (QED) is 0.633. The highest BCUT2D eigenvalue weighted by molar-refractivity contribution is 5.79. The van der Waals surface area contributed by atoms with Crippen molar-refractivity contribution in [2.24, 2.45) is 5.92 Å². The van der Waals surface area contributed by atoms with Gasteiger partial charge in [-0.05, 0) is 37.6 Å². The Bertz CT molecular complexity index is 919. The molecule has 174 valence electrons. The number of rotatable bonds is 7. The zero-order valence-corrected chi connectivity index (χ0v) is 17.8. The van der Waals surface area contributed by atoms with Crippen molar-refractivity contribution in [1.29, 1.82) is 0 Å². The number of benzene rings is 1. The van der Waals surface area contributed by atoms with Crippen LogP contribution in [0.15, 0.2) is 22.7 Å². The summed E-state index contributed by atoms with van der Waals surface area (Å²) in [6, 6.07) is 4.46. The van der Waals surface area contributed by atoms with Crippen molar-refractivity contribution in [2.45, 2.75) is 26.0 Å². The van der Waals surface area contributed by atoms with Gasteiger partial charge in [-0.3, -0.25) is 9.69 Å². The van der Waals surface area contributed by atoms with E-state index in [2.05, 4.69) is 19.8 Å². The minimum absolute atomic E-state index is 0.0455. The van der Waals surface area contributed by atoms with Crippen LogP contribution in [-0.4, -0.2) is 79.0 Å². The highest BCUT2D eigenvalue weighted by Gasteiger charge is 2.30. The number of carbonyl (C=O) groups excluding carboxylic acids is 1. The van der Waals surface area contributed by atoms with E-state index in [9.17, 15) is 13.6 Å². The van der Waals surface area contributed by atoms with E-state index in [-0.39, 0.29) is 23.3 Å². The van der Waals surface area contributed by atoms with Crippen molar-refractivity contribution in [3.8, 4) is 22.9 Å². The summed E-state index contributed by atoms with van der Waals surface area (Å²) in [5.74, 6) is 0.957. The SMILES string of the molecule is COc1cc(-c2noc(CN3CCCC(C(=O)N4CCOCC4)C3)n2)ccc1OC(F)F. The number of likely N-dealkylation sites (tertiary alicyclic amines) is 1. The lowest BCUT2D eigenvalue weighted by atomic mass is 9.96. The Hall–Kier alpha value is -2.79. The summed E-state index contributed by atoms with van der Waals surface area (Å²) >= 11 is 0. The van der Waals surface area contributed by atoms with Crippen molar-refractivity contribution in [2.75, 3.05) is 46.5 Å². The second-order valence-corrected chi connectivity index (χ2v) is 7.77. The molecule has 0 radical (unpaired) electrons. The smallest absolute Gasteiger partial charge is 0.387 e. The fraction of sp³-hybridized carbons (Fsp3) is 0.571. The van der Waals surface area contributed by atoms with Gasteiger partial charge in [0.15, 0.2) is 11.5 Å². The number of carbonyl (C=O) groups is 1. The van der Waals surface area contributed by atoms with Crippen LogP contribution in [0.25, 0.3) is 11.4 Å². The van der Waals surface area contributed by atoms with Gasteiger partial charge in [0, 0.05) is 25.2 Å². The average molecular weight is 452 g/mol. The molecule has 2 fully saturated rings. The highest BCUT2D eigenvalue weighted by Crippen LogP contribution is 2.32. The second-order valence-electron chi connectivity index (χ2n) is 7.77. The largest absolute Gasteiger partial charge is 0.493 e. The Balaban J connectivity index is 1.39. The summed E-state index contributed by atoms with van der Waals surface area (Å²) in [6.45, 7) is 1.44. The molecule has 1 atom stereocenters. The molecule has 0 N–H and O–H groups in total. The lowest BCUT2D eigenvalue weighted by molar-refractivity contribution is -0.141. The molecule has 0 bridgehead atoms. The maximum absolute atomic E-state index is 12.8. The molecular weight excluding hydrogens is 426 g/mol. The van der Waals surface area contributed by atoms with E-state index in [0.29, 0.717) is 56.7 Å². The van der Waals surface area contributed by atoms with E-state index in [1.165, 1.54) is 19.2 Å². The average Bonchev–Trinajstić information content (AvgIpc) is 3.27. The molecule has 2 aliphatic heterocycles. The van der Waals surface area contributed by atoms with Gasteiger partial charge in [0.05, 0.1) is 32.8 Å². The number of hydrogen-bond donors (Lipinski definition) is 0. The van der Waals surface area contributed by atoms with Crippen LogP contribution in [0.1, 0.15) is 18.7 Å². The second kappa shape index (κ2) is 10.2. The zero-order valence-electron chi connectivity index (χ0n) is 17.8. The zero-order chi connectivity index (χ0) is 22.5. The summed E-state index contributed by atoms with van der Waals surface area (Å²) in [5, 5.41) is 4.00. The highest BCUT2D eigenvalue weighted by atomic mass is 19.3. The Morgan fingerprint density at radius 3 is 2.81 bits per heavy atom. The minimum Gasteiger partial charge on any atom is -0.493 e. The van der Waals surface area contributed by atoms with Crippen LogP contribution < -0.4 is 9.47 Å². The molecule has 0 saturated carbocycles. The molecule has 0 aliphatic carbocycles. The molecule has 9 nitrogen and oxygen atoms in total. The summed E-state index contributed by atoms with van der Waals surface area (Å²) in [5.41, 5.74) is 0.553. The molecule has 1 amide bonds. The Morgan fingerprint density at radius 2 is 2.06 bits per heavy atom. The Morgan fingerprint density at radius 1 is 1.25 bits per heavy atom. The molecular formula is C21H26F2N4O5. The fourth-order valence-electron chi connectivity index (χ4n) is 4.07. The van der Waals surface area contributed by atoms with Crippen LogP contribution in [-0.2, 0) is 16.1 Å². The van der Waals surface area contributed by atoms with E-state index in [1.807, 2.05) is 4.90 Å². The third-order valence-corrected chi connectivity index (χ3v) is 5.64. The molecule has 0 spiro atoms. The third kappa shape index (κ3) is 5.33. The van der Waals surface area contributed by atoms with Crippen LogP contribution in [0.4, 0.5) is 8.78 Å². The first kappa shape index (κ1) is 22.4. The summed E-state index contributed by atoms with van der Waals surface area (Å²) < 4.78 is 45.3. The number of nitrogens with zero attached hydrogens (tertiary/aromatic N) is 4. The van der Waals surface area contributed by atoms with Gasteiger partial charge in [0.2, 0.25) is 17.6 Å². The molecule has 1 aromatic heterocycles. The maximum atomic E-state index is 12.8. The number of ether oxygens (including phenoxy) is 3. The number of halogens is 2. The monoisotopic (exact) mass is 452 g/mol. The first-order valence-corrected chi connectivity index (χ1v) is 10.6. The third-order valence-electron chi connectivity index (χ3n) is 5.64. The van der Waals surface area contributed by atoms with Crippen LogP contribution in [0.3, 0.4) is 0 Å². The van der Waals surface area contributed by atoms with Gasteiger partial charge in [-0.15, -0.1) is 0 Å². The topological polar surface area (TPSA) is 90.2 Å². The minimum atomic E-state index is -2.95. The molecule has 2 saturated heterocycles. The number of amides is 1. The molecule has 1 aromatic carbocycles. The molecule has 32 heavy (non-hydrogen) atoms. The Labute approximate surface area is 184 Å². The van der Waals surface area contributed by atoms with Crippen molar-refractivity contribution in [3.63, 3.8) is 0 Å². The number of methoxy groups -OCH3 is 1. The fourth-order valence-corrected chi connectivity index (χ4v) is 4.07. The first-order valence-electron chi connectivity index (χ1n) is 10.6. The van der Waals surface area contributed by atoms with Crippen LogP contribution in [0, 0.1) is 5.92 Å². The van der Waals surface area contributed by atoms with Crippen molar-refractivity contribution >= 4 is 5.91 Å². The van der Waals surface area contributed by atoms with Crippen LogP contribution in [0.5, 0.6) is 11.5 Å². The maximum Gasteiger partial charge on any atom is 0.387 e. The number of alkyl halides is 2. The van der Waals surface area contributed by atoms with Crippen LogP contribution in [0.2, 0.25) is 0 Å². The van der Waals surface area contributed by atoms with Crippen LogP contribution >= 0.6 is 0 Å². The van der Waals surface area contributed by atoms with Gasteiger partial charge in [-0.1, -0.05) is 5.16 Å². The summed E-state index contributed by atoms with van der Waals surface area (Å²) in [6.07, 6.45) is 1.79. The van der Waals surface area contributed by atoms with Gasteiger partial charge in [-0.2, -0.15) is 13.8 Å². The summed E-state index contributed by atoms with van der Waals surface area (Å²) in [7, 11) is 1.37. The Kier molecular flexibility index (Phi) is 7.15. The van der Waals surface area contributed by atoms with E-state index >= 15 is 0 Å². The van der Waals surface area contributed by atoms with Crippen molar-refractivity contribution in [1.82, 2.24) is 19.9 Å². The van der Waals surface area contributed by atoms with E-state index in [1.54, 1.807) is 6.07 Å². The first-order chi connectivity index (χ1) is 15.5.